The lowest BCUT2D eigenvalue weighted by Gasteiger charge is -2.43. The zero-order valence-electron chi connectivity index (χ0n) is 19.8. The molecule has 2 fully saturated rings. The first kappa shape index (κ1) is 25.2. The van der Waals surface area contributed by atoms with E-state index in [1.165, 1.54) is 4.57 Å². The fraction of sp³-hybridized carbons (Fsp3) is 0.480. The molecular formula is C25H24F5N3O4. The molecule has 5 rings (SSSR count). The summed E-state index contributed by atoms with van der Waals surface area (Å²) in [5, 5.41) is 2.25. The van der Waals surface area contributed by atoms with E-state index in [1.54, 1.807) is 0 Å². The molecule has 1 aromatic carbocycles. The van der Waals surface area contributed by atoms with Gasteiger partial charge in [-0.1, -0.05) is 13.3 Å². The summed E-state index contributed by atoms with van der Waals surface area (Å²) >= 11 is 0. The van der Waals surface area contributed by atoms with Gasteiger partial charge >= 0.3 is 0 Å². The van der Waals surface area contributed by atoms with Crippen molar-refractivity contribution in [2.45, 2.75) is 63.7 Å². The second-order valence-corrected chi connectivity index (χ2v) is 9.69. The minimum atomic E-state index is -3.02. The fourth-order valence-electron chi connectivity index (χ4n) is 5.57. The van der Waals surface area contributed by atoms with Crippen LogP contribution in [0, 0.1) is 23.4 Å². The van der Waals surface area contributed by atoms with Gasteiger partial charge < -0.3 is 19.5 Å². The molecule has 1 saturated carbocycles. The van der Waals surface area contributed by atoms with Gasteiger partial charge in [-0.3, -0.25) is 14.4 Å². The summed E-state index contributed by atoms with van der Waals surface area (Å²) in [5.41, 5.74) is -2.18. The van der Waals surface area contributed by atoms with E-state index in [9.17, 15) is 36.3 Å². The Bertz CT molecular complexity index is 1320. The molecule has 1 aliphatic carbocycles. The highest BCUT2D eigenvalue weighted by atomic mass is 19.3. The average molecular weight is 525 g/mol. The van der Waals surface area contributed by atoms with Gasteiger partial charge in [-0.25, -0.2) is 22.0 Å². The van der Waals surface area contributed by atoms with Gasteiger partial charge in [-0.15, -0.1) is 0 Å². The Morgan fingerprint density at radius 3 is 2.57 bits per heavy atom. The second-order valence-electron chi connectivity index (χ2n) is 9.69. The highest BCUT2D eigenvalue weighted by molar-refractivity contribution is 5.99. The summed E-state index contributed by atoms with van der Waals surface area (Å²) in [4.78, 5) is 40.8. The molecule has 0 spiro atoms. The SMILES string of the molecule is CCCCOc1c2n(cc(C(=O)NCc3c(F)cc(F)cc3F)c1=O)C[C@H]1[C@H]3C[C@@H](N1C2=O)C(F)(F)C3. The smallest absolute Gasteiger partial charge is 0.275 e. The van der Waals surface area contributed by atoms with Crippen molar-refractivity contribution < 1.29 is 36.3 Å². The van der Waals surface area contributed by atoms with Gasteiger partial charge in [0, 0.05) is 43.4 Å². The van der Waals surface area contributed by atoms with Crippen LogP contribution in [0.5, 0.6) is 5.75 Å². The topological polar surface area (TPSA) is 80.6 Å². The molecule has 37 heavy (non-hydrogen) atoms. The Morgan fingerprint density at radius 1 is 1.19 bits per heavy atom. The summed E-state index contributed by atoms with van der Waals surface area (Å²) in [5.74, 6) is -9.15. The molecule has 2 aromatic rings. The number of carbonyl (C=O) groups excluding carboxylic acids is 2. The maximum atomic E-state index is 14.4. The molecule has 12 heteroatoms. The monoisotopic (exact) mass is 525 g/mol. The Morgan fingerprint density at radius 2 is 1.89 bits per heavy atom. The first-order chi connectivity index (χ1) is 17.5. The van der Waals surface area contributed by atoms with Crippen LogP contribution in [0.2, 0.25) is 0 Å². The number of hydrogen-bond acceptors (Lipinski definition) is 4. The molecule has 198 valence electrons. The molecule has 0 unspecified atom stereocenters. The predicted molar refractivity (Wildman–Crippen MR) is 120 cm³/mol. The molecule has 3 aliphatic rings. The Labute approximate surface area is 208 Å². The normalized spacial score (nSPS) is 23.1. The summed E-state index contributed by atoms with van der Waals surface area (Å²) < 4.78 is 77.0. The van der Waals surface area contributed by atoms with Crippen LogP contribution >= 0.6 is 0 Å². The van der Waals surface area contributed by atoms with Crippen LogP contribution in [0.15, 0.2) is 23.1 Å². The molecule has 7 nitrogen and oxygen atoms in total. The average Bonchev–Trinajstić information content (AvgIpc) is 3.33. The third-order valence-electron chi connectivity index (χ3n) is 7.36. The van der Waals surface area contributed by atoms with Crippen LogP contribution in [0.4, 0.5) is 22.0 Å². The fourth-order valence-corrected chi connectivity index (χ4v) is 5.57. The van der Waals surface area contributed by atoms with E-state index in [1.807, 2.05) is 6.92 Å². The lowest BCUT2D eigenvalue weighted by molar-refractivity contribution is -0.0870. The number of halogens is 5. The highest BCUT2D eigenvalue weighted by Crippen LogP contribution is 2.53. The summed E-state index contributed by atoms with van der Waals surface area (Å²) in [7, 11) is 0. The molecule has 2 bridgehead atoms. The molecule has 1 saturated heterocycles. The number of carbonyl (C=O) groups is 2. The zero-order valence-corrected chi connectivity index (χ0v) is 19.8. The molecule has 3 atom stereocenters. The molecule has 2 aliphatic heterocycles. The summed E-state index contributed by atoms with van der Waals surface area (Å²) in [6, 6.07) is -0.845. The zero-order chi connectivity index (χ0) is 26.6. The standard InChI is InChI=1S/C25H24F5N3O4/c1-2-3-4-37-22-20-24(36)33-18(12-5-19(33)25(29,30)8-12)11-32(20)10-15(21(22)34)23(35)31-9-14-16(27)6-13(26)7-17(14)28/h6-7,10,12,18-19H,2-5,8-9,11H2,1H3,(H,31,35)/t12-,18-,19+/m0/s1. The van der Waals surface area contributed by atoms with Gasteiger partial charge in [0.15, 0.2) is 11.4 Å². The predicted octanol–water partition coefficient (Wildman–Crippen LogP) is 3.63. The Hall–Kier alpha value is -3.44. The number of benzene rings is 1. The molecule has 2 amide bonds. The van der Waals surface area contributed by atoms with E-state index in [-0.39, 0.29) is 31.7 Å². The van der Waals surface area contributed by atoms with Crippen LogP contribution in [0.3, 0.4) is 0 Å². The number of unbranched alkanes of at least 4 members (excludes halogenated alkanes) is 1. The van der Waals surface area contributed by atoms with Crippen molar-refractivity contribution >= 4 is 11.8 Å². The third kappa shape index (κ3) is 4.15. The second kappa shape index (κ2) is 9.14. The number of nitrogens with one attached hydrogen (secondary N) is 1. The van der Waals surface area contributed by atoms with Gasteiger partial charge in [0.2, 0.25) is 5.43 Å². The van der Waals surface area contributed by atoms with Gasteiger partial charge in [-0.2, -0.15) is 0 Å². The Balaban J connectivity index is 1.50. The lowest BCUT2D eigenvalue weighted by atomic mass is 9.94. The number of nitrogens with zero attached hydrogens (tertiary/aromatic N) is 2. The number of piperidine rings is 1. The molecule has 0 radical (unpaired) electrons. The number of pyridine rings is 1. The van der Waals surface area contributed by atoms with Crippen molar-refractivity contribution in [3.05, 3.63) is 62.8 Å². The van der Waals surface area contributed by atoms with Gasteiger partial charge in [0.25, 0.3) is 17.7 Å². The number of hydrogen-bond donors (Lipinski definition) is 1. The van der Waals surface area contributed by atoms with Crippen molar-refractivity contribution in [3.63, 3.8) is 0 Å². The summed E-state index contributed by atoms with van der Waals surface area (Å²) in [6.45, 7) is 1.35. The maximum absolute atomic E-state index is 14.4. The molecular weight excluding hydrogens is 501 g/mol. The van der Waals surface area contributed by atoms with E-state index in [0.717, 1.165) is 11.1 Å². The number of aromatic nitrogens is 1. The minimum absolute atomic E-state index is 0.0503. The van der Waals surface area contributed by atoms with Crippen LogP contribution in [0.1, 0.15) is 59.0 Å². The first-order valence-corrected chi connectivity index (χ1v) is 12.1. The van der Waals surface area contributed by atoms with E-state index in [2.05, 4.69) is 5.32 Å². The number of amides is 2. The van der Waals surface area contributed by atoms with Crippen molar-refractivity contribution in [2.75, 3.05) is 6.61 Å². The highest BCUT2D eigenvalue weighted by Gasteiger charge is 2.63. The van der Waals surface area contributed by atoms with Gasteiger partial charge in [-0.05, 0) is 18.8 Å². The molecule has 1 aromatic heterocycles. The maximum Gasteiger partial charge on any atom is 0.275 e. The summed E-state index contributed by atoms with van der Waals surface area (Å²) in [6.07, 6.45) is 2.19. The van der Waals surface area contributed by atoms with Crippen molar-refractivity contribution in [2.24, 2.45) is 5.92 Å². The van der Waals surface area contributed by atoms with Crippen LogP contribution in [-0.4, -0.2) is 45.9 Å². The third-order valence-corrected chi connectivity index (χ3v) is 7.36. The van der Waals surface area contributed by atoms with Crippen LogP contribution in [-0.2, 0) is 13.1 Å². The van der Waals surface area contributed by atoms with E-state index in [0.29, 0.717) is 25.0 Å². The molecule has 1 N–H and O–H groups in total. The van der Waals surface area contributed by atoms with E-state index in [4.69, 9.17) is 4.74 Å². The largest absolute Gasteiger partial charge is 0.487 e. The van der Waals surface area contributed by atoms with Crippen LogP contribution in [0.25, 0.3) is 0 Å². The van der Waals surface area contributed by atoms with Crippen LogP contribution < -0.4 is 15.5 Å². The minimum Gasteiger partial charge on any atom is -0.487 e. The van der Waals surface area contributed by atoms with Gasteiger partial charge in [0.1, 0.15) is 23.0 Å². The number of alkyl halides is 2. The number of fused-ring (bicyclic) bond motifs is 6. The first-order valence-electron chi connectivity index (χ1n) is 12.1. The Kier molecular flexibility index (Phi) is 6.23. The molecule has 3 heterocycles. The van der Waals surface area contributed by atoms with E-state index >= 15 is 0 Å². The van der Waals surface area contributed by atoms with Crippen molar-refractivity contribution in [1.29, 1.82) is 0 Å². The van der Waals surface area contributed by atoms with Crippen molar-refractivity contribution in [3.8, 4) is 5.75 Å². The quantitative estimate of drug-likeness (QED) is 0.443. The van der Waals surface area contributed by atoms with E-state index < -0.39 is 82.0 Å². The van der Waals surface area contributed by atoms with Gasteiger partial charge in [0.05, 0.1) is 18.7 Å². The number of ether oxygens (including phenoxy) is 1. The lowest BCUT2D eigenvalue weighted by Crippen LogP contribution is -2.58. The number of rotatable bonds is 7. The van der Waals surface area contributed by atoms with Crippen molar-refractivity contribution in [1.82, 2.24) is 14.8 Å².